The molecule has 1 aromatic carbocycles. The van der Waals surface area contributed by atoms with E-state index < -0.39 is 6.10 Å². The lowest BCUT2D eigenvalue weighted by atomic mass is 10.0. The Hall–Kier alpha value is -1.26. The third-order valence-electron chi connectivity index (χ3n) is 2.30. The molecular formula is C10H13NO3. The van der Waals surface area contributed by atoms with Gasteiger partial charge in [0.2, 0.25) is 6.79 Å². The first-order valence-corrected chi connectivity index (χ1v) is 4.51. The van der Waals surface area contributed by atoms with Crippen LogP contribution in [0.3, 0.4) is 0 Å². The highest BCUT2D eigenvalue weighted by molar-refractivity contribution is 5.45. The van der Waals surface area contributed by atoms with Gasteiger partial charge in [-0.15, -0.1) is 0 Å². The van der Waals surface area contributed by atoms with Gasteiger partial charge in [-0.1, -0.05) is 6.07 Å². The molecule has 76 valence electrons. The third-order valence-corrected chi connectivity index (χ3v) is 2.30. The van der Waals surface area contributed by atoms with E-state index in [2.05, 4.69) is 0 Å². The van der Waals surface area contributed by atoms with Crippen molar-refractivity contribution in [3.05, 3.63) is 23.8 Å². The topological polar surface area (TPSA) is 64.7 Å². The van der Waals surface area contributed by atoms with Crippen molar-refractivity contribution in [3.63, 3.8) is 0 Å². The summed E-state index contributed by atoms with van der Waals surface area (Å²) in [6.45, 7) is 1.91. The van der Waals surface area contributed by atoms with Crippen LogP contribution in [0.25, 0.3) is 0 Å². The molecule has 1 heterocycles. The third kappa shape index (κ3) is 1.54. The van der Waals surface area contributed by atoms with E-state index in [0.717, 1.165) is 11.3 Å². The zero-order valence-electron chi connectivity index (χ0n) is 7.93. The zero-order chi connectivity index (χ0) is 10.1. The van der Waals surface area contributed by atoms with Gasteiger partial charge in [0.05, 0.1) is 12.1 Å². The number of aliphatic hydroxyl groups is 1. The van der Waals surface area contributed by atoms with Gasteiger partial charge in [0.1, 0.15) is 0 Å². The molecule has 0 aliphatic carbocycles. The molecule has 0 amide bonds. The average molecular weight is 195 g/mol. The molecule has 3 N–H and O–H groups in total. The molecule has 0 unspecified atom stereocenters. The van der Waals surface area contributed by atoms with E-state index >= 15 is 0 Å². The van der Waals surface area contributed by atoms with Crippen LogP contribution in [-0.4, -0.2) is 18.0 Å². The van der Waals surface area contributed by atoms with E-state index in [0.29, 0.717) is 5.75 Å². The number of aliphatic hydroxyl groups excluding tert-OH is 1. The van der Waals surface area contributed by atoms with Gasteiger partial charge in [-0.25, -0.2) is 0 Å². The molecule has 2 atom stereocenters. The molecule has 1 aliphatic heterocycles. The number of nitrogens with two attached hydrogens (primary N) is 1. The number of hydrogen-bond donors (Lipinski definition) is 2. The molecule has 0 bridgehead atoms. The van der Waals surface area contributed by atoms with Crippen LogP contribution < -0.4 is 15.2 Å². The van der Waals surface area contributed by atoms with Crippen molar-refractivity contribution in [2.24, 2.45) is 5.73 Å². The molecule has 14 heavy (non-hydrogen) atoms. The molecule has 0 spiro atoms. The SMILES string of the molecule is C[C@@H](O)[C@@H](N)c1ccc2c(c1)OCO2. The monoisotopic (exact) mass is 195 g/mol. The molecular weight excluding hydrogens is 182 g/mol. The number of fused-ring (bicyclic) bond motifs is 1. The van der Waals surface area contributed by atoms with Crippen LogP contribution in [0, 0.1) is 0 Å². The zero-order valence-corrected chi connectivity index (χ0v) is 7.93. The Morgan fingerprint density at radius 1 is 1.36 bits per heavy atom. The molecule has 2 rings (SSSR count). The second kappa shape index (κ2) is 3.48. The smallest absolute Gasteiger partial charge is 0.231 e. The van der Waals surface area contributed by atoms with Gasteiger partial charge in [-0.3, -0.25) is 0 Å². The Labute approximate surface area is 82.2 Å². The minimum atomic E-state index is -0.574. The van der Waals surface area contributed by atoms with Crippen LogP contribution in [0.5, 0.6) is 11.5 Å². The van der Waals surface area contributed by atoms with Crippen LogP contribution in [0.4, 0.5) is 0 Å². The van der Waals surface area contributed by atoms with Crippen molar-refractivity contribution in [3.8, 4) is 11.5 Å². The van der Waals surface area contributed by atoms with Crippen LogP contribution >= 0.6 is 0 Å². The van der Waals surface area contributed by atoms with Crippen molar-refractivity contribution in [1.29, 1.82) is 0 Å². The maximum atomic E-state index is 9.33. The number of ether oxygens (including phenoxy) is 2. The highest BCUT2D eigenvalue weighted by Crippen LogP contribution is 2.34. The Morgan fingerprint density at radius 3 is 2.79 bits per heavy atom. The second-order valence-corrected chi connectivity index (χ2v) is 3.38. The van der Waals surface area contributed by atoms with Gasteiger partial charge < -0.3 is 20.3 Å². The van der Waals surface area contributed by atoms with E-state index in [9.17, 15) is 5.11 Å². The first-order chi connectivity index (χ1) is 6.68. The highest BCUT2D eigenvalue weighted by atomic mass is 16.7. The van der Waals surface area contributed by atoms with Gasteiger partial charge in [0, 0.05) is 0 Å². The standard InChI is InChI=1S/C10H13NO3/c1-6(12)10(11)7-2-3-8-9(4-7)14-5-13-8/h2-4,6,10,12H,5,11H2,1H3/t6-,10-/m1/s1. The van der Waals surface area contributed by atoms with Crippen LogP contribution in [-0.2, 0) is 0 Å². The van der Waals surface area contributed by atoms with Crippen molar-refractivity contribution < 1.29 is 14.6 Å². The van der Waals surface area contributed by atoms with E-state index in [1.54, 1.807) is 19.1 Å². The minimum Gasteiger partial charge on any atom is -0.454 e. The fourth-order valence-corrected chi connectivity index (χ4v) is 1.40. The Bertz CT molecular complexity index is 338. The normalized spacial score (nSPS) is 17.9. The Kier molecular flexibility index (Phi) is 2.31. The van der Waals surface area contributed by atoms with Gasteiger partial charge >= 0.3 is 0 Å². The van der Waals surface area contributed by atoms with Gasteiger partial charge in [0.15, 0.2) is 11.5 Å². The Morgan fingerprint density at radius 2 is 2.07 bits per heavy atom. The number of hydrogen-bond acceptors (Lipinski definition) is 4. The summed E-state index contributed by atoms with van der Waals surface area (Å²) in [7, 11) is 0. The predicted octanol–water partition coefficient (Wildman–Crippen LogP) is 0.796. The summed E-state index contributed by atoms with van der Waals surface area (Å²) in [4.78, 5) is 0. The molecule has 0 radical (unpaired) electrons. The molecule has 0 saturated carbocycles. The van der Waals surface area contributed by atoms with E-state index in [4.69, 9.17) is 15.2 Å². The predicted molar refractivity (Wildman–Crippen MR) is 51.2 cm³/mol. The van der Waals surface area contributed by atoms with Crippen molar-refractivity contribution in [2.75, 3.05) is 6.79 Å². The number of benzene rings is 1. The molecule has 0 fully saturated rings. The maximum Gasteiger partial charge on any atom is 0.231 e. The summed E-state index contributed by atoms with van der Waals surface area (Å²) < 4.78 is 10.4. The summed E-state index contributed by atoms with van der Waals surface area (Å²) in [6, 6.07) is 5.06. The fraction of sp³-hybridized carbons (Fsp3) is 0.400. The first kappa shape index (κ1) is 9.30. The fourth-order valence-electron chi connectivity index (χ4n) is 1.40. The molecule has 1 aliphatic rings. The van der Waals surface area contributed by atoms with Crippen LogP contribution in [0.1, 0.15) is 18.5 Å². The van der Waals surface area contributed by atoms with Crippen molar-refractivity contribution >= 4 is 0 Å². The molecule has 4 heteroatoms. The minimum absolute atomic E-state index is 0.253. The number of rotatable bonds is 2. The van der Waals surface area contributed by atoms with Gasteiger partial charge in [-0.2, -0.15) is 0 Å². The second-order valence-electron chi connectivity index (χ2n) is 3.38. The Balaban J connectivity index is 2.28. The molecule has 0 saturated heterocycles. The van der Waals surface area contributed by atoms with Gasteiger partial charge in [0.25, 0.3) is 0 Å². The van der Waals surface area contributed by atoms with Crippen LogP contribution in [0.2, 0.25) is 0 Å². The van der Waals surface area contributed by atoms with E-state index in [-0.39, 0.29) is 12.8 Å². The van der Waals surface area contributed by atoms with E-state index in [1.807, 2.05) is 6.07 Å². The van der Waals surface area contributed by atoms with Crippen molar-refractivity contribution in [2.45, 2.75) is 19.1 Å². The lowest BCUT2D eigenvalue weighted by molar-refractivity contribution is 0.164. The average Bonchev–Trinajstić information content (AvgIpc) is 2.62. The summed E-state index contributed by atoms with van der Waals surface area (Å²) in [6.07, 6.45) is -0.574. The van der Waals surface area contributed by atoms with Gasteiger partial charge in [-0.05, 0) is 24.6 Å². The molecule has 4 nitrogen and oxygen atoms in total. The molecule has 0 aromatic heterocycles. The lowest BCUT2D eigenvalue weighted by Gasteiger charge is -2.15. The highest BCUT2D eigenvalue weighted by Gasteiger charge is 2.17. The summed E-state index contributed by atoms with van der Waals surface area (Å²) in [5.74, 6) is 1.42. The quantitative estimate of drug-likeness (QED) is 0.732. The molecule has 1 aromatic rings. The van der Waals surface area contributed by atoms with Crippen molar-refractivity contribution in [1.82, 2.24) is 0 Å². The van der Waals surface area contributed by atoms with Crippen LogP contribution in [0.15, 0.2) is 18.2 Å². The summed E-state index contributed by atoms with van der Waals surface area (Å²) in [5, 5.41) is 9.33. The lowest BCUT2D eigenvalue weighted by Crippen LogP contribution is -2.22. The van der Waals surface area contributed by atoms with E-state index in [1.165, 1.54) is 0 Å². The summed E-state index contributed by atoms with van der Waals surface area (Å²) in [5.41, 5.74) is 6.64. The maximum absolute atomic E-state index is 9.33. The summed E-state index contributed by atoms with van der Waals surface area (Å²) >= 11 is 0. The first-order valence-electron chi connectivity index (χ1n) is 4.51. The largest absolute Gasteiger partial charge is 0.454 e.